The van der Waals surface area contributed by atoms with Crippen LogP contribution in [0.1, 0.15) is 23.5 Å². The number of ether oxygens (including phenoxy) is 1. The molecule has 0 unspecified atom stereocenters. The van der Waals surface area contributed by atoms with Crippen molar-refractivity contribution in [3.05, 3.63) is 62.2 Å². The highest BCUT2D eigenvalue weighted by molar-refractivity contribution is 6.37. The van der Waals surface area contributed by atoms with Crippen LogP contribution in [-0.4, -0.2) is 40.5 Å². The number of halogens is 4. The van der Waals surface area contributed by atoms with Crippen LogP contribution in [0.2, 0.25) is 10.0 Å². The number of carbonyl (C=O) groups excluding carboxylic acids is 2. The molecule has 0 bridgehead atoms. The van der Waals surface area contributed by atoms with Crippen LogP contribution in [0.5, 0.6) is 5.75 Å². The first-order valence-corrected chi connectivity index (χ1v) is 10.2. The lowest BCUT2D eigenvalue weighted by Crippen LogP contribution is -2.51. The Hall–Kier alpha value is -3.38. The maximum absolute atomic E-state index is 13.0. The highest BCUT2D eigenvalue weighted by Gasteiger charge is 2.46. The molecule has 14 heteroatoms. The van der Waals surface area contributed by atoms with Gasteiger partial charge in [-0.2, -0.15) is 0 Å². The third-order valence-electron chi connectivity index (χ3n) is 4.70. The highest BCUT2D eigenvalue weighted by Crippen LogP contribution is 2.38. The number of hydrogen-bond donors (Lipinski definition) is 4. The average molecular weight is 502 g/mol. The second-order valence-corrected chi connectivity index (χ2v) is 8.12. The summed E-state index contributed by atoms with van der Waals surface area (Å²) in [5, 5.41) is 11.2. The molecule has 1 saturated carbocycles. The number of aromatic amines is 1. The predicted octanol–water partition coefficient (Wildman–Crippen LogP) is 2.59. The van der Waals surface area contributed by atoms with E-state index in [1.54, 1.807) is 0 Å². The Bertz CT molecular complexity index is 1210. The molecule has 10 nitrogen and oxygen atoms in total. The summed E-state index contributed by atoms with van der Waals surface area (Å²) in [7, 11) is 0. The van der Waals surface area contributed by atoms with Crippen molar-refractivity contribution < 1.29 is 27.6 Å². The molecular formula is C19H15Cl2F2N5O5. The van der Waals surface area contributed by atoms with Crippen LogP contribution in [0.15, 0.2) is 45.1 Å². The van der Waals surface area contributed by atoms with E-state index in [1.807, 2.05) is 0 Å². The summed E-state index contributed by atoms with van der Waals surface area (Å²) in [6, 6.07) is 2.12. The lowest BCUT2D eigenvalue weighted by atomic mass is 9.88. The van der Waals surface area contributed by atoms with Gasteiger partial charge in [0.1, 0.15) is 5.76 Å². The zero-order chi connectivity index (χ0) is 23.8. The van der Waals surface area contributed by atoms with E-state index in [9.17, 15) is 23.2 Å². The maximum atomic E-state index is 13.0. The molecule has 1 fully saturated rings. The minimum Gasteiger partial charge on any atom is -0.453 e. The summed E-state index contributed by atoms with van der Waals surface area (Å²) in [6.45, 7) is 0.179. The largest absolute Gasteiger partial charge is 0.453 e. The van der Waals surface area contributed by atoms with Crippen molar-refractivity contribution in [2.24, 2.45) is 0 Å². The monoisotopic (exact) mass is 501 g/mol. The number of H-pyrrole nitrogens is 1. The van der Waals surface area contributed by atoms with E-state index in [4.69, 9.17) is 27.9 Å². The molecule has 33 heavy (non-hydrogen) atoms. The van der Waals surface area contributed by atoms with Gasteiger partial charge in [0.25, 0.3) is 11.8 Å². The van der Waals surface area contributed by atoms with E-state index in [1.165, 1.54) is 24.4 Å². The molecule has 4 N–H and O–H groups in total. The summed E-state index contributed by atoms with van der Waals surface area (Å²) >= 11 is 12.5. The molecule has 1 aromatic carbocycles. The van der Waals surface area contributed by atoms with Crippen molar-refractivity contribution in [3.8, 4) is 5.75 Å². The van der Waals surface area contributed by atoms with Gasteiger partial charge in [0.05, 0.1) is 10.0 Å². The molecule has 0 saturated heterocycles. The van der Waals surface area contributed by atoms with Crippen LogP contribution in [0.4, 0.5) is 14.5 Å². The first kappa shape index (κ1) is 22.8. The Morgan fingerprint density at radius 2 is 1.91 bits per heavy atom. The van der Waals surface area contributed by atoms with Gasteiger partial charge in [-0.25, -0.2) is 13.6 Å². The SMILES string of the molecule is O=C(NC1CC(F)(F)C1)C1=CC(Oc2c(Cl)cc(NC(=O)c3noc(=O)[nH]3)cc2Cl)=CNC1. The molecule has 2 aliphatic rings. The lowest BCUT2D eigenvalue weighted by molar-refractivity contribution is -0.125. The molecule has 1 aliphatic carbocycles. The first-order chi connectivity index (χ1) is 15.6. The van der Waals surface area contributed by atoms with Crippen molar-refractivity contribution in [1.29, 1.82) is 0 Å². The van der Waals surface area contributed by atoms with Crippen molar-refractivity contribution in [1.82, 2.24) is 20.8 Å². The first-order valence-electron chi connectivity index (χ1n) is 9.47. The summed E-state index contributed by atoms with van der Waals surface area (Å²) in [5.74, 6) is -4.96. The number of dihydropyridines is 1. The Labute approximate surface area is 193 Å². The van der Waals surface area contributed by atoms with Gasteiger partial charge in [0.15, 0.2) is 5.75 Å². The fraction of sp³-hybridized carbons (Fsp3) is 0.263. The van der Waals surface area contributed by atoms with E-state index in [2.05, 4.69) is 30.6 Å². The average Bonchev–Trinajstić information content (AvgIpc) is 3.16. The minimum atomic E-state index is -2.74. The summed E-state index contributed by atoms with van der Waals surface area (Å²) in [4.78, 5) is 37.5. The Morgan fingerprint density at radius 1 is 1.21 bits per heavy atom. The number of benzene rings is 1. The van der Waals surface area contributed by atoms with Crippen LogP contribution < -0.4 is 26.4 Å². The van der Waals surface area contributed by atoms with E-state index < -0.39 is 29.5 Å². The second kappa shape index (κ2) is 8.87. The quantitative estimate of drug-likeness (QED) is 0.477. The van der Waals surface area contributed by atoms with Crippen LogP contribution >= 0.6 is 23.2 Å². The zero-order valence-electron chi connectivity index (χ0n) is 16.5. The number of rotatable bonds is 6. The van der Waals surface area contributed by atoms with Crippen molar-refractivity contribution in [3.63, 3.8) is 0 Å². The Kier molecular flexibility index (Phi) is 6.13. The molecule has 1 aromatic heterocycles. The highest BCUT2D eigenvalue weighted by atomic mass is 35.5. The fourth-order valence-electron chi connectivity index (χ4n) is 3.14. The molecule has 0 radical (unpaired) electrons. The van der Waals surface area contributed by atoms with E-state index >= 15 is 0 Å². The third-order valence-corrected chi connectivity index (χ3v) is 5.26. The van der Waals surface area contributed by atoms with Crippen molar-refractivity contribution >= 4 is 40.7 Å². The standard InChI is InChI=1S/C19H15Cl2F2N5O5/c20-12-2-9(25-17(30)15-27-18(31)33-28-15)3-13(21)14(12)32-11-1-8(6-24-7-11)16(29)26-10-4-19(22,23)5-10/h1-3,7,10,24H,4-6H2,(H,25,30)(H,26,29)(H,27,28,31). The molecule has 0 spiro atoms. The van der Waals surface area contributed by atoms with Crippen LogP contribution in [0.3, 0.4) is 0 Å². The predicted molar refractivity (Wildman–Crippen MR) is 112 cm³/mol. The van der Waals surface area contributed by atoms with E-state index in [-0.39, 0.29) is 58.0 Å². The van der Waals surface area contributed by atoms with Crippen LogP contribution in [0, 0.1) is 0 Å². The van der Waals surface area contributed by atoms with Crippen LogP contribution in [-0.2, 0) is 4.79 Å². The molecular weight excluding hydrogens is 487 g/mol. The summed E-state index contributed by atoms with van der Waals surface area (Å²) in [5.41, 5.74) is 0.468. The lowest BCUT2D eigenvalue weighted by Gasteiger charge is -2.35. The number of allylic oxidation sites excluding steroid dienone is 1. The molecule has 4 rings (SSSR count). The van der Waals surface area contributed by atoms with Crippen LogP contribution in [0.25, 0.3) is 0 Å². The van der Waals surface area contributed by atoms with Crippen molar-refractivity contribution in [2.75, 3.05) is 11.9 Å². The van der Waals surface area contributed by atoms with E-state index in [0.717, 1.165) is 0 Å². The fourth-order valence-corrected chi connectivity index (χ4v) is 3.70. The van der Waals surface area contributed by atoms with Crippen molar-refractivity contribution in [2.45, 2.75) is 24.8 Å². The minimum absolute atomic E-state index is 0.0361. The number of alkyl halides is 2. The van der Waals surface area contributed by atoms with Gasteiger partial charge in [-0.15, -0.1) is 0 Å². The summed E-state index contributed by atoms with van der Waals surface area (Å²) < 4.78 is 35.9. The number of nitrogens with one attached hydrogen (secondary N) is 4. The molecule has 1 aliphatic heterocycles. The number of amides is 2. The van der Waals surface area contributed by atoms with Gasteiger partial charge in [0.2, 0.25) is 11.7 Å². The molecule has 2 heterocycles. The maximum Gasteiger partial charge on any atom is 0.439 e. The molecule has 174 valence electrons. The topological polar surface area (TPSA) is 138 Å². The number of nitrogens with zero attached hydrogens (tertiary/aromatic N) is 1. The zero-order valence-corrected chi connectivity index (χ0v) is 18.0. The number of carbonyl (C=O) groups is 2. The van der Waals surface area contributed by atoms with Gasteiger partial charge in [-0.1, -0.05) is 23.2 Å². The molecule has 2 amide bonds. The summed E-state index contributed by atoms with van der Waals surface area (Å²) in [6.07, 6.45) is 2.14. The number of anilines is 1. The van der Waals surface area contributed by atoms with Gasteiger partial charge in [-0.3, -0.25) is 19.1 Å². The van der Waals surface area contributed by atoms with E-state index in [0.29, 0.717) is 0 Å². The van der Waals surface area contributed by atoms with Gasteiger partial charge in [0, 0.05) is 42.9 Å². The molecule has 0 atom stereocenters. The normalized spacial score (nSPS) is 17.2. The number of hydrogen-bond acceptors (Lipinski definition) is 7. The smallest absolute Gasteiger partial charge is 0.439 e. The molecule has 2 aromatic rings. The van der Waals surface area contributed by atoms with Gasteiger partial charge < -0.3 is 20.7 Å². The number of aromatic nitrogens is 2. The third kappa shape index (κ3) is 5.34. The second-order valence-electron chi connectivity index (χ2n) is 7.30. The van der Waals surface area contributed by atoms with Gasteiger partial charge >= 0.3 is 5.76 Å². The Balaban J connectivity index is 1.42. The Morgan fingerprint density at radius 3 is 2.52 bits per heavy atom. The van der Waals surface area contributed by atoms with Gasteiger partial charge in [-0.05, 0) is 23.4 Å².